The van der Waals surface area contributed by atoms with Gasteiger partial charge in [0.15, 0.2) is 16.9 Å². The van der Waals surface area contributed by atoms with Crippen molar-refractivity contribution >= 4 is 34.7 Å². The van der Waals surface area contributed by atoms with Crippen molar-refractivity contribution in [1.29, 1.82) is 0 Å². The highest BCUT2D eigenvalue weighted by Gasteiger charge is 2.37. The molecule has 0 unspecified atom stereocenters. The van der Waals surface area contributed by atoms with E-state index in [2.05, 4.69) is 15.0 Å². The zero-order valence-electron chi connectivity index (χ0n) is 16.8. The fraction of sp³-hybridized carbons (Fsp3) is 0.286. The molecule has 0 amide bonds. The van der Waals surface area contributed by atoms with Crippen LogP contribution >= 0.6 is 11.6 Å². The normalized spacial score (nSPS) is 19.1. The van der Waals surface area contributed by atoms with Crippen molar-refractivity contribution < 1.29 is 23.8 Å². The summed E-state index contributed by atoms with van der Waals surface area (Å²) in [4.78, 5) is 37.6. The maximum absolute atomic E-state index is 12.9. The summed E-state index contributed by atoms with van der Waals surface area (Å²) in [6, 6.07) is 8.55. The van der Waals surface area contributed by atoms with Gasteiger partial charge in [-0.05, 0) is 11.6 Å². The van der Waals surface area contributed by atoms with Gasteiger partial charge >= 0.3 is 11.9 Å². The number of carbonyl (C=O) groups is 2. The summed E-state index contributed by atoms with van der Waals surface area (Å²) in [7, 11) is 2.73. The summed E-state index contributed by atoms with van der Waals surface area (Å²) >= 11 is 6.11. The Hall–Kier alpha value is -3.30. The average Bonchev–Trinajstić information content (AvgIpc) is 3.39. The van der Waals surface area contributed by atoms with E-state index >= 15 is 0 Å². The van der Waals surface area contributed by atoms with Crippen molar-refractivity contribution in [2.75, 3.05) is 14.2 Å². The molecule has 31 heavy (non-hydrogen) atoms. The third-order valence-electron chi connectivity index (χ3n) is 5.10. The maximum Gasteiger partial charge on any atom is 0.340 e. The van der Waals surface area contributed by atoms with E-state index < -0.39 is 30.2 Å². The van der Waals surface area contributed by atoms with Crippen molar-refractivity contribution in [3.05, 3.63) is 65.4 Å². The Morgan fingerprint density at radius 1 is 1.16 bits per heavy atom. The Morgan fingerprint density at radius 2 is 1.94 bits per heavy atom. The number of methoxy groups -OCH3 is 2. The van der Waals surface area contributed by atoms with Crippen LogP contribution < -0.4 is 0 Å². The van der Waals surface area contributed by atoms with Crippen LogP contribution in [0.25, 0.3) is 11.2 Å². The first-order valence-corrected chi connectivity index (χ1v) is 9.81. The molecule has 0 aliphatic heterocycles. The van der Waals surface area contributed by atoms with Crippen LogP contribution in [0.15, 0.2) is 54.6 Å². The average molecular weight is 443 g/mol. The number of imidazole rings is 1. The van der Waals surface area contributed by atoms with Crippen molar-refractivity contribution in [2.45, 2.75) is 24.7 Å². The minimum absolute atomic E-state index is 0.208. The van der Waals surface area contributed by atoms with E-state index in [0.29, 0.717) is 22.3 Å². The zero-order chi connectivity index (χ0) is 22.0. The number of carbonyl (C=O) groups excluding carboxylic acids is 2. The fourth-order valence-electron chi connectivity index (χ4n) is 3.63. The third-order valence-corrected chi connectivity index (χ3v) is 5.37. The molecule has 2 heterocycles. The maximum atomic E-state index is 12.9. The second-order valence-corrected chi connectivity index (χ2v) is 7.23. The minimum atomic E-state index is -0.909. The first kappa shape index (κ1) is 21.0. The van der Waals surface area contributed by atoms with Crippen LogP contribution in [0.5, 0.6) is 0 Å². The molecule has 2 aromatic heterocycles. The van der Waals surface area contributed by atoms with E-state index in [9.17, 15) is 9.59 Å². The Kier molecular flexibility index (Phi) is 5.97. The summed E-state index contributed by atoms with van der Waals surface area (Å²) in [5.41, 5.74) is 1.94. The molecule has 0 fully saturated rings. The second-order valence-electron chi connectivity index (χ2n) is 6.87. The molecular weight excluding hydrogens is 424 g/mol. The summed E-state index contributed by atoms with van der Waals surface area (Å²) in [6.07, 6.45) is 3.03. The van der Waals surface area contributed by atoms with Gasteiger partial charge in [0.05, 0.1) is 19.5 Å². The lowest BCUT2D eigenvalue weighted by Crippen LogP contribution is -2.28. The molecule has 1 aromatic carbocycles. The lowest BCUT2D eigenvalue weighted by molar-refractivity contribution is -0.160. The van der Waals surface area contributed by atoms with Crippen molar-refractivity contribution in [2.24, 2.45) is 0 Å². The molecule has 0 saturated carbocycles. The predicted molar refractivity (Wildman–Crippen MR) is 110 cm³/mol. The molecule has 0 N–H and O–H groups in total. The topological polar surface area (TPSA) is 105 Å². The van der Waals surface area contributed by atoms with Crippen molar-refractivity contribution in [3.63, 3.8) is 0 Å². The molecule has 9 nitrogen and oxygen atoms in total. The largest absolute Gasteiger partial charge is 0.466 e. The van der Waals surface area contributed by atoms with Gasteiger partial charge in [0.25, 0.3) is 0 Å². The van der Waals surface area contributed by atoms with Gasteiger partial charge in [0.1, 0.15) is 17.9 Å². The molecular formula is C21H19ClN4O5. The van der Waals surface area contributed by atoms with E-state index in [4.69, 9.17) is 25.8 Å². The number of rotatable bonds is 6. The van der Waals surface area contributed by atoms with Crippen LogP contribution in [0, 0.1) is 0 Å². The first-order valence-electron chi connectivity index (χ1n) is 9.43. The highest BCUT2D eigenvalue weighted by atomic mass is 35.5. The Bertz CT molecular complexity index is 1150. The molecule has 0 radical (unpaired) electrons. The number of fused-ring (bicyclic) bond motifs is 1. The van der Waals surface area contributed by atoms with Gasteiger partial charge in [-0.3, -0.25) is 0 Å². The van der Waals surface area contributed by atoms with Crippen molar-refractivity contribution in [3.8, 4) is 0 Å². The lowest BCUT2D eigenvalue weighted by Gasteiger charge is -2.23. The van der Waals surface area contributed by atoms with E-state index in [1.807, 2.05) is 18.2 Å². The molecule has 1 aliphatic carbocycles. The summed E-state index contributed by atoms with van der Waals surface area (Å²) in [5.74, 6) is -1.07. The van der Waals surface area contributed by atoms with Crippen molar-refractivity contribution in [1.82, 2.24) is 19.5 Å². The standard InChI is InChI=1S/C21H19ClN4O5/c1-29-17(12-6-4-3-5-7-12)21(28)31-15-9-13(20(27)30-2)8-14(15)26-11-25-16-18(22)23-10-24-19(16)26/h3-7,9-11,14-15,17H,8H2,1-2H3/t14-,15+,17+/m1/s1. The highest BCUT2D eigenvalue weighted by Crippen LogP contribution is 2.36. The van der Waals surface area contributed by atoms with Crippen LogP contribution in [0.4, 0.5) is 0 Å². The number of halogens is 1. The second kappa shape index (κ2) is 8.83. The lowest BCUT2D eigenvalue weighted by atomic mass is 10.1. The Balaban J connectivity index is 1.66. The predicted octanol–water partition coefficient (Wildman–Crippen LogP) is 2.82. The highest BCUT2D eigenvalue weighted by molar-refractivity contribution is 6.33. The number of hydrogen-bond donors (Lipinski definition) is 0. The van der Waals surface area contributed by atoms with Gasteiger partial charge < -0.3 is 18.8 Å². The fourth-order valence-corrected chi connectivity index (χ4v) is 3.81. The van der Waals surface area contributed by atoms with E-state index in [1.54, 1.807) is 22.8 Å². The molecule has 0 spiro atoms. The first-order chi connectivity index (χ1) is 15.0. The summed E-state index contributed by atoms with van der Waals surface area (Å²) in [5, 5.41) is 0.208. The van der Waals surface area contributed by atoms with Gasteiger partial charge in [-0.1, -0.05) is 41.9 Å². The van der Waals surface area contributed by atoms with Gasteiger partial charge in [0.2, 0.25) is 0 Å². The minimum Gasteiger partial charge on any atom is -0.466 e. The molecule has 3 aromatic rings. The molecule has 10 heteroatoms. The Labute approximate surface area is 182 Å². The SMILES string of the molecule is COC(=O)C1=C[C@H](OC(=O)[C@@H](OC)c2ccccc2)[C@H](n2cnc3c(Cl)ncnc32)C1. The summed E-state index contributed by atoms with van der Waals surface area (Å²) in [6.45, 7) is 0. The quantitative estimate of drug-likeness (QED) is 0.424. The molecule has 160 valence electrons. The number of nitrogens with zero attached hydrogens (tertiary/aromatic N) is 4. The number of benzene rings is 1. The van der Waals surface area contributed by atoms with Gasteiger partial charge in [-0.15, -0.1) is 0 Å². The molecule has 4 rings (SSSR count). The number of aromatic nitrogens is 4. The Morgan fingerprint density at radius 3 is 2.65 bits per heavy atom. The van der Waals surface area contributed by atoms with Gasteiger partial charge in [0, 0.05) is 19.1 Å². The molecule has 3 atom stereocenters. The van der Waals surface area contributed by atoms with Gasteiger partial charge in [-0.25, -0.2) is 24.5 Å². The number of ether oxygens (including phenoxy) is 3. The number of esters is 2. The molecule has 1 aliphatic rings. The van der Waals surface area contributed by atoms with E-state index in [0.717, 1.165) is 0 Å². The van der Waals surface area contributed by atoms with E-state index in [1.165, 1.54) is 26.9 Å². The monoisotopic (exact) mass is 442 g/mol. The van der Waals surface area contributed by atoms with Gasteiger partial charge in [-0.2, -0.15) is 0 Å². The van der Waals surface area contributed by atoms with Crippen LogP contribution in [-0.2, 0) is 23.8 Å². The molecule has 0 saturated heterocycles. The zero-order valence-corrected chi connectivity index (χ0v) is 17.5. The van der Waals surface area contributed by atoms with Crippen LogP contribution in [-0.4, -0.2) is 51.8 Å². The van der Waals surface area contributed by atoms with Crippen LogP contribution in [0.3, 0.4) is 0 Å². The van der Waals surface area contributed by atoms with E-state index in [-0.39, 0.29) is 11.6 Å². The number of hydrogen-bond acceptors (Lipinski definition) is 8. The smallest absolute Gasteiger partial charge is 0.340 e. The van der Waals surface area contributed by atoms with Crippen LogP contribution in [0.2, 0.25) is 5.15 Å². The third kappa shape index (κ3) is 4.01. The molecule has 0 bridgehead atoms. The summed E-state index contributed by atoms with van der Waals surface area (Å²) < 4.78 is 17.7. The van der Waals surface area contributed by atoms with Crippen LogP contribution in [0.1, 0.15) is 24.1 Å².